The van der Waals surface area contributed by atoms with Gasteiger partial charge in [0.2, 0.25) is 5.78 Å². The molecule has 4 rings (SSSR count). The Labute approximate surface area is 233 Å². The third kappa shape index (κ3) is 4.89. The van der Waals surface area contributed by atoms with Crippen molar-refractivity contribution in [3.63, 3.8) is 0 Å². The summed E-state index contributed by atoms with van der Waals surface area (Å²) in [7, 11) is 0. The van der Waals surface area contributed by atoms with Crippen LogP contribution in [0.2, 0.25) is 0 Å². The molecule has 38 heavy (non-hydrogen) atoms. The van der Waals surface area contributed by atoms with E-state index in [0.717, 1.165) is 12.8 Å². The molecule has 0 radical (unpaired) electrons. The van der Waals surface area contributed by atoms with Gasteiger partial charge in [0.1, 0.15) is 0 Å². The van der Waals surface area contributed by atoms with Gasteiger partial charge in [-0.2, -0.15) is 0 Å². The van der Waals surface area contributed by atoms with Crippen molar-refractivity contribution < 1.29 is 29.0 Å². The van der Waals surface area contributed by atoms with Crippen LogP contribution >= 0.6 is 11.6 Å². The lowest BCUT2D eigenvalue weighted by Gasteiger charge is -2.61. The molecule has 6 nitrogen and oxygen atoms in total. The van der Waals surface area contributed by atoms with Crippen molar-refractivity contribution in [1.29, 1.82) is 0 Å². The lowest BCUT2D eigenvalue weighted by Crippen LogP contribution is -2.65. The van der Waals surface area contributed by atoms with Gasteiger partial charge in [-0.1, -0.05) is 78.7 Å². The Balaban J connectivity index is 0.00000127. The molecule has 4 aliphatic carbocycles. The lowest BCUT2D eigenvalue weighted by molar-refractivity contribution is -0.205. The highest BCUT2D eigenvalue weighted by molar-refractivity contribution is 6.21. The predicted octanol–water partition coefficient (Wildman–Crippen LogP) is 6.18. The van der Waals surface area contributed by atoms with Crippen molar-refractivity contribution in [2.75, 3.05) is 6.61 Å². The van der Waals surface area contributed by atoms with Crippen molar-refractivity contribution in [3.05, 3.63) is 23.8 Å². The Morgan fingerprint density at radius 2 is 1.74 bits per heavy atom. The molecule has 9 atom stereocenters. The maximum atomic E-state index is 13.9. The summed E-state index contributed by atoms with van der Waals surface area (Å²) in [4.78, 5) is 38.4. The number of carbonyl (C=O) groups excluding carboxylic acids is 3. The Morgan fingerprint density at radius 1 is 1.11 bits per heavy atom. The summed E-state index contributed by atoms with van der Waals surface area (Å²) in [6.45, 7) is 13.3. The fourth-order valence-electron chi connectivity index (χ4n) is 8.17. The number of esters is 2. The number of halogens is 1. The predicted molar refractivity (Wildman–Crippen MR) is 149 cm³/mol. The molecule has 0 amide bonds. The first kappa shape index (κ1) is 30.9. The minimum absolute atomic E-state index is 0.0300. The summed E-state index contributed by atoms with van der Waals surface area (Å²) in [6.07, 6.45) is 10.0. The van der Waals surface area contributed by atoms with E-state index in [2.05, 4.69) is 39.0 Å². The van der Waals surface area contributed by atoms with Crippen LogP contribution in [-0.2, 0) is 23.9 Å². The molecule has 0 aromatic carbocycles. The number of rotatable bonds is 6. The second kappa shape index (κ2) is 11.8. The quantitative estimate of drug-likeness (QED) is 0.241. The molecule has 0 spiro atoms. The summed E-state index contributed by atoms with van der Waals surface area (Å²) in [5, 5.41) is 11.5. The maximum Gasteiger partial charge on any atom is 0.306 e. The van der Waals surface area contributed by atoms with E-state index in [1.807, 2.05) is 13.8 Å². The topological polar surface area (TPSA) is 89.9 Å². The molecule has 3 fully saturated rings. The zero-order chi connectivity index (χ0) is 28.5. The minimum Gasteiger partial charge on any atom is -0.457 e. The average Bonchev–Trinajstić information content (AvgIpc) is 3.09. The first-order valence-electron chi connectivity index (χ1n) is 14.5. The van der Waals surface area contributed by atoms with Crippen molar-refractivity contribution in [2.45, 2.75) is 110 Å². The summed E-state index contributed by atoms with van der Waals surface area (Å²) >= 11 is 7.10. The Bertz CT molecular complexity index is 973. The second-order valence-electron chi connectivity index (χ2n) is 12.1. The summed E-state index contributed by atoms with van der Waals surface area (Å²) in [6, 6.07) is 0. The first-order valence-corrected chi connectivity index (χ1v) is 14.9. The number of ketones is 1. The van der Waals surface area contributed by atoms with Gasteiger partial charge in [0.05, 0.1) is 6.10 Å². The molecule has 0 aromatic heterocycles. The number of aliphatic hydroxyl groups excluding tert-OH is 1. The van der Waals surface area contributed by atoms with E-state index >= 15 is 0 Å². The van der Waals surface area contributed by atoms with Crippen LogP contribution in [-0.4, -0.2) is 46.5 Å². The Kier molecular flexibility index (Phi) is 9.62. The van der Waals surface area contributed by atoms with E-state index in [-0.39, 0.29) is 47.3 Å². The van der Waals surface area contributed by atoms with Gasteiger partial charge >= 0.3 is 11.9 Å². The molecule has 4 aliphatic rings. The van der Waals surface area contributed by atoms with Crippen molar-refractivity contribution in [3.8, 4) is 0 Å². The molecule has 0 saturated heterocycles. The molecule has 3 saturated carbocycles. The third-order valence-corrected chi connectivity index (χ3v) is 10.2. The minimum atomic E-state index is -1.49. The van der Waals surface area contributed by atoms with Crippen LogP contribution < -0.4 is 0 Å². The molecule has 7 heteroatoms. The SMILES string of the molecule is CCC.CCC(=O)OCC(=O)[C@@]1(OC(=O)CC)[C@H](C)C[C@H]2[C@H]3[C@H]([C@@H](O)C[C@@]21C)[C@@]1(C)C=CCC=C1C[C@H]3Cl. The molecule has 0 aromatic rings. The standard InChI is InChI=1S/C28H39ClO6.C3H8/c1-6-22(32)34-15-21(31)28(35-23(33)7-2)16(3)12-18-24-19(29)13-17-10-8-9-11-26(17,4)25(24)20(30)14-27(18,28)5;1-3-2/h9-11,16,18-20,24-25,30H,6-8,12-15H2,1-5H3;3H2,1-2H3/t16-,18+,19-,20+,24-,25+,26+,27+,28+;/m1./s1. The molecular formula is C31H47ClO6. The van der Waals surface area contributed by atoms with E-state index in [4.69, 9.17) is 21.1 Å². The van der Waals surface area contributed by atoms with E-state index in [1.54, 1.807) is 13.8 Å². The van der Waals surface area contributed by atoms with Crippen LogP contribution in [0.3, 0.4) is 0 Å². The number of hydrogen-bond donors (Lipinski definition) is 1. The number of allylic oxidation sites excluding steroid dienone is 4. The maximum absolute atomic E-state index is 13.9. The second-order valence-corrected chi connectivity index (χ2v) is 12.7. The molecule has 0 heterocycles. The van der Waals surface area contributed by atoms with E-state index in [9.17, 15) is 19.5 Å². The van der Waals surface area contributed by atoms with Gasteiger partial charge in [-0.05, 0) is 37.5 Å². The molecule has 214 valence electrons. The smallest absolute Gasteiger partial charge is 0.306 e. The monoisotopic (exact) mass is 550 g/mol. The normalized spacial score (nSPS) is 40.9. The highest BCUT2D eigenvalue weighted by Gasteiger charge is 2.73. The largest absolute Gasteiger partial charge is 0.457 e. The van der Waals surface area contributed by atoms with Gasteiger partial charge in [0, 0.05) is 40.9 Å². The number of carbonyl (C=O) groups is 3. The van der Waals surface area contributed by atoms with E-state index in [1.165, 1.54) is 12.0 Å². The van der Waals surface area contributed by atoms with Crippen LogP contribution in [0.4, 0.5) is 0 Å². The molecule has 0 unspecified atom stereocenters. The lowest BCUT2D eigenvalue weighted by atomic mass is 9.46. The summed E-state index contributed by atoms with van der Waals surface area (Å²) in [5.41, 5.74) is -1.33. The van der Waals surface area contributed by atoms with Gasteiger partial charge in [-0.25, -0.2) is 0 Å². The fourth-order valence-corrected chi connectivity index (χ4v) is 8.67. The molecule has 0 bridgehead atoms. The van der Waals surface area contributed by atoms with Gasteiger partial charge in [0.15, 0.2) is 12.2 Å². The van der Waals surface area contributed by atoms with Gasteiger partial charge in [-0.15, -0.1) is 11.6 Å². The molecular weight excluding hydrogens is 504 g/mol. The fraction of sp³-hybridized carbons (Fsp3) is 0.774. The van der Waals surface area contributed by atoms with Crippen molar-refractivity contribution in [2.24, 2.45) is 34.5 Å². The van der Waals surface area contributed by atoms with Gasteiger partial charge in [-0.3, -0.25) is 14.4 Å². The summed E-state index contributed by atoms with van der Waals surface area (Å²) in [5.74, 6) is -1.82. The highest BCUT2D eigenvalue weighted by Crippen LogP contribution is 2.69. The van der Waals surface area contributed by atoms with Crippen molar-refractivity contribution >= 4 is 29.3 Å². The number of Topliss-reactive ketones (excluding diaryl/α,β-unsaturated/α-hetero) is 1. The Hall–Kier alpha value is -1.66. The number of alkyl halides is 1. The summed E-state index contributed by atoms with van der Waals surface area (Å²) < 4.78 is 11.3. The van der Waals surface area contributed by atoms with Gasteiger partial charge < -0.3 is 14.6 Å². The zero-order valence-corrected chi connectivity index (χ0v) is 25.0. The van der Waals surface area contributed by atoms with Crippen LogP contribution in [0, 0.1) is 34.5 Å². The average molecular weight is 551 g/mol. The number of hydrogen-bond acceptors (Lipinski definition) is 6. The zero-order valence-electron chi connectivity index (χ0n) is 24.2. The van der Waals surface area contributed by atoms with Crippen LogP contribution in [0.5, 0.6) is 0 Å². The van der Waals surface area contributed by atoms with Crippen LogP contribution in [0.15, 0.2) is 23.8 Å². The number of ether oxygens (including phenoxy) is 2. The van der Waals surface area contributed by atoms with Crippen LogP contribution in [0.1, 0.15) is 93.4 Å². The van der Waals surface area contributed by atoms with E-state index in [0.29, 0.717) is 12.8 Å². The van der Waals surface area contributed by atoms with Crippen LogP contribution in [0.25, 0.3) is 0 Å². The Morgan fingerprint density at radius 3 is 2.34 bits per heavy atom. The first-order chi connectivity index (χ1) is 17.9. The molecule has 0 aliphatic heterocycles. The van der Waals surface area contributed by atoms with E-state index < -0.39 is 41.4 Å². The highest BCUT2D eigenvalue weighted by atomic mass is 35.5. The molecule has 1 N–H and O–H groups in total. The number of fused-ring (bicyclic) bond motifs is 5. The van der Waals surface area contributed by atoms with Gasteiger partial charge in [0.25, 0.3) is 0 Å². The third-order valence-electron chi connectivity index (χ3n) is 9.71. The van der Waals surface area contributed by atoms with Crippen molar-refractivity contribution in [1.82, 2.24) is 0 Å². The number of aliphatic hydroxyl groups is 1.